The lowest BCUT2D eigenvalue weighted by molar-refractivity contribution is -0.142. The Bertz CT molecular complexity index is 485. The van der Waals surface area contributed by atoms with Crippen molar-refractivity contribution in [3.05, 3.63) is 11.7 Å². The largest absolute Gasteiger partial charge is 0.481 e. The van der Waals surface area contributed by atoms with E-state index >= 15 is 0 Å². The van der Waals surface area contributed by atoms with Crippen LogP contribution in [0.15, 0.2) is 4.52 Å². The highest BCUT2D eigenvalue weighted by Gasteiger charge is 2.38. The highest BCUT2D eigenvalue weighted by atomic mass is 16.5. The lowest BCUT2D eigenvalue weighted by Gasteiger charge is -2.23. The van der Waals surface area contributed by atoms with Gasteiger partial charge in [0.05, 0.1) is 11.8 Å². The van der Waals surface area contributed by atoms with E-state index in [0.717, 1.165) is 37.9 Å². The molecular formula is C15H22N2O3. The van der Waals surface area contributed by atoms with Gasteiger partial charge in [-0.05, 0) is 31.6 Å². The average Bonchev–Trinajstić information content (AvgIpc) is 3.07. The van der Waals surface area contributed by atoms with Crippen molar-refractivity contribution in [1.82, 2.24) is 10.1 Å². The van der Waals surface area contributed by atoms with Gasteiger partial charge in [-0.15, -0.1) is 0 Å². The molecule has 0 spiro atoms. The summed E-state index contributed by atoms with van der Waals surface area (Å²) in [4.78, 5) is 15.8. The third-order valence-electron chi connectivity index (χ3n) is 4.91. The maximum absolute atomic E-state index is 11.2. The summed E-state index contributed by atoms with van der Waals surface area (Å²) in [5.41, 5.74) is 0. The Morgan fingerprint density at radius 3 is 2.80 bits per heavy atom. The lowest BCUT2D eigenvalue weighted by Crippen LogP contribution is -2.17. The van der Waals surface area contributed by atoms with Crippen molar-refractivity contribution in [1.29, 1.82) is 0 Å². The monoisotopic (exact) mass is 278 g/mol. The molecule has 110 valence electrons. The van der Waals surface area contributed by atoms with Gasteiger partial charge < -0.3 is 9.63 Å². The van der Waals surface area contributed by atoms with Gasteiger partial charge in [-0.3, -0.25) is 4.79 Å². The van der Waals surface area contributed by atoms with Gasteiger partial charge in [-0.2, -0.15) is 4.98 Å². The van der Waals surface area contributed by atoms with E-state index in [2.05, 4.69) is 17.1 Å². The van der Waals surface area contributed by atoms with E-state index in [1.807, 2.05) is 0 Å². The molecule has 2 aliphatic carbocycles. The van der Waals surface area contributed by atoms with E-state index in [1.54, 1.807) is 0 Å². The summed E-state index contributed by atoms with van der Waals surface area (Å²) in [5.74, 6) is 1.27. The van der Waals surface area contributed by atoms with Crippen LogP contribution in [-0.2, 0) is 4.79 Å². The first-order valence-electron chi connectivity index (χ1n) is 7.71. The van der Waals surface area contributed by atoms with E-state index < -0.39 is 5.97 Å². The van der Waals surface area contributed by atoms with Crippen molar-refractivity contribution in [2.75, 3.05) is 0 Å². The Kier molecular flexibility index (Phi) is 3.76. The second-order valence-electron chi connectivity index (χ2n) is 6.44. The minimum Gasteiger partial charge on any atom is -0.481 e. The molecule has 4 atom stereocenters. The number of carboxylic acid groups (broad SMARTS) is 1. The van der Waals surface area contributed by atoms with Crippen LogP contribution in [0.2, 0.25) is 0 Å². The molecule has 0 radical (unpaired) electrons. The maximum atomic E-state index is 11.2. The molecular weight excluding hydrogens is 256 g/mol. The van der Waals surface area contributed by atoms with Crippen LogP contribution < -0.4 is 0 Å². The van der Waals surface area contributed by atoms with Gasteiger partial charge in [0.1, 0.15) is 0 Å². The second-order valence-corrected chi connectivity index (χ2v) is 6.44. The molecule has 2 aliphatic rings. The first-order chi connectivity index (χ1) is 9.65. The van der Waals surface area contributed by atoms with Crippen LogP contribution >= 0.6 is 0 Å². The van der Waals surface area contributed by atoms with E-state index in [0.29, 0.717) is 17.7 Å². The molecule has 0 amide bonds. The topological polar surface area (TPSA) is 76.2 Å². The standard InChI is InChI=1S/C15H22N2O3/c1-9-4-2-5-10(8-9)13-16-14(20-17-13)11-6-3-7-12(11)15(18)19/h9-12H,2-8H2,1H3,(H,18,19). The molecule has 0 saturated heterocycles. The van der Waals surface area contributed by atoms with Crippen molar-refractivity contribution in [2.45, 2.75) is 63.7 Å². The molecule has 0 aromatic carbocycles. The average molecular weight is 278 g/mol. The Labute approximate surface area is 118 Å². The zero-order valence-corrected chi connectivity index (χ0v) is 11.9. The van der Waals surface area contributed by atoms with Crippen molar-refractivity contribution in [2.24, 2.45) is 11.8 Å². The second kappa shape index (κ2) is 5.54. The summed E-state index contributed by atoms with van der Waals surface area (Å²) >= 11 is 0. The predicted molar refractivity (Wildman–Crippen MR) is 72.4 cm³/mol. The molecule has 1 heterocycles. The molecule has 1 aromatic heterocycles. The molecule has 0 bridgehead atoms. The minimum absolute atomic E-state index is 0.0882. The number of aromatic nitrogens is 2. The molecule has 5 nitrogen and oxygen atoms in total. The van der Waals surface area contributed by atoms with Gasteiger partial charge in [-0.1, -0.05) is 31.3 Å². The van der Waals surface area contributed by atoms with E-state index in [-0.39, 0.29) is 11.8 Å². The maximum Gasteiger partial charge on any atom is 0.307 e. The van der Waals surface area contributed by atoms with Crippen molar-refractivity contribution in [3.63, 3.8) is 0 Å². The number of hydrogen-bond donors (Lipinski definition) is 1. The molecule has 20 heavy (non-hydrogen) atoms. The van der Waals surface area contributed by atoms with Gasteiger partial charge in [-0.25, -0.2) is 0 Å². The minimum atomic E-state index is -0.737. The van der Waals surface area contributed by atoms with Crippen LogP contribution in [-0.4, -0.2) is 21.2 Å². The first-order valence-corrected chi connectivity index (χ1v) is 7.71. The molecule has 2 saturated carbocycles. The molecule has 4 unspecified atom stereocenters. The Morgan fingerprint density at radius 2 is 2.05 bits per heavy atom. The predicted octanol–water partition coefficient (Wildman–Crippen LogP) is 3.33. The molecule has 1 N–H and O–H groups in total. The highest BCUT2D eigenvalue weighted by Crippen LogP contribution is 2.40. The normalized spacial score (nSPS) is 34.2. The fourth-order valence-electron chi connectivity index (χ4n) is 3.78. The smallest absolute Gasteiger partial charge is 0.307 e. The number of carboxylic acids is 1. The SMILES string of the molecule is CC1CCCC(c2noc(C3CCCC3C(=O)O)n2)C1. The Hall–Kier alpha value is -1.39. The number of aliphatic carboxylic acids is 1. The zero-order valence-electron chi connectivity index (χ0n) is 11.9. The quantitative estimate of drug-likeness (QED) is 0.917. The molecule has 1 aromatic rings. The molecule has 3 rings (SSSR count). The fraction of sp³-hybridized carbons (Fsp3) is 0.800. The summed E-state index contributed by atoms with van der Waals surface area (Å²) in [6, 6.07) is 0. The molecule has 5 heteroatoms. The van der Waals surface area contributed by atoms with Gasteiger partial charge in [0, 0.05) is 5.92 Å². The molecule has 2 fully saturated rings. The van der Waals surface area contributed by atoms with Gasteiger partial charge in [0.15, 0.2) is 5.82 Å². The van der Waals surface area contributed by atoms with Crippen LogP contribution in [0.5, 0.6) is 0 Å². The van der Waals surface area contributed by atoms with Crippen LogP contribution in [0.3, 0.4) is 0 Å². The van der Waals surface area contributed by atoms with E-state index in [4.69, 9.17) is 4.52 Å². The number of hydrogen-bond acceptors (Lipinski definition) is 4. The van der Waals surface area contributed by atoms with Crippen LogP contribution in [0.25, 0.3) is 0 Å². The van der Waals surface area contributed by atoms with Gasteiger partial charge in [0.2, 0.25) is 5.89 Å². The third kappa shape index (κ3) is 2.58. The van der Waals surface area contributed by atoms with Crippen molar-refractivity contribution < 1.29 is 14.4 Å². The third-order valence-corrected chi connectivity index (χ3v) is 4.91. The molecule has 0 aliphatic heterocycles. The summed E-state index contributed by atoms with van der Waals surface area (Å²) < 4.78 is 5.39. The lowest BCUT2D eigenvalue weighted by atomic mass is 9.82. The van der Waals surface area contributed by atoms with Crippen LogP contribution in [0.4, 0.5) is 0 Å². The van der Waals surface area contributed by atoms with Crippen LogP contribution in [0.1, 0.15) is 75.4 Å². The van der Waals surface area contributed by atoms with Crippen molar-refractivity contribution in [3.8, 4) is 0 Å². The summed E-state index contributed by atoms with van der Waals surface area (Å²) in [7, 11) is 0. The first kappa shape index (κ1) is 13.6. The van der Waals surface area contributed by atoms with E-state index in [9.17, 15) is 9.90 Å². The van der Waals surface area contributed by atoms with Gasteiger partial charge in [0.25, 0.3) is 0 Å². The highest BCUT2D eigenvalue weighted by molar-refractivity contribution is 5.71. The van der Waals surface area contributed by atoms with E-state index in [1.165, 1.54) is 12.8 Å². The fourth-order valence-corrected chi connectivity index (χ4v) is 3.78. The number of nitrogens with zero attached hydrogens (tertiary/aromatic N) is 2. The Morgan fingerprint density at radius 1 is 1.25 bits per heavy atom. The number of carbonyl (C=O) groups is 1. The summed E-state index contributed by atoms with van der Waals surface area (Å²) in [6.45, 7) is 2.27. The van der Waals surface area contributed by atoms with Crippen LogP contribution in [0, 0.1) is 11.8 Å². The van der Waals surface area contributed by atoms with Gasteiger partial charge >= 0.3 is 5.97 Å². The summed E-state index contributed by atoms with van der Waals surface area (Å²) in [6.07, 6.45) is 7.24. The Balaban J connectivity index is 1.74. The number of rotatable bonds is 3. The summed E-state index contributed by atoms with van der Waals surface area (Å²) in [5, 5.41) is 13.4. The van der Waals surface area contributed by atoms with Crippen molar-refractivity contribution >= 4 is 5.97 Å². The zero-order chi connectivity index (χ0) is 14.1.